The minimum absolute atomic E-state index is 0.0791. The van der Waals surface area contributed by atoms with E-state index < -0.39 is 4.92 Å². The number of nitrogens with zero attached hydrogens (tertiary/aromatic N) is 4. The fourth-order valence-electron chi connectivity index (χ4n) is 4.21. The summed E-state index contributed by atoms with van der Waals surface area (Å²) in [6, 6.07) is 14.9. The maximum Gasteiger partial charge on any atom is 0.269 e. The Morgan fingerprint density at radius 2 is 1.74 bits per heavy atom. The first-order valence-corrected chi connectivity index (χ1v) is 11.7. The fraction of sp³-hybridized carbons (Fsp3) is 0.385. The summed E-state index contributed by atoms with van der Waals surface area (Å²) in [7, 11) is 0. The standard InChI is InChI=1S/C26H30N4O4/c1-19(2)17-20-3-5-21(6-4-20)24-18-27-25(34-24)11-12-26(31)29-15-13-28(14-16-29)22-7-9-23(10-8-22)30(32)33/h3-10,18-19H,11-17H2,1-2H3. The van der Waals surface area contributed by atoms with Crippen molar-refractivity contribution in [2.75, 3.05) is 31.1 Å². The molecule has 2 heterocycles. The highest BCUT2D eigenvalue weighted by atomic mass is 16.6. The first kappa shape index (κ1) is 23.5. The Kier molecular flexibility index (Phi) is 7.25. The van der Waals surface area contributed by atoms with Gasteiger partial charge in [0.25, 0.3) is 5.69 Å². The molecule has 34 heavy (non-hydrogen) atoms. The van der Waals surface area contributed by atoms with Gasteiger partial charge >= 0.3 is 0 Å². The van der Waals surface area contributed by atoms with Crippen molar-refractivity contribution in [2.24, 2.45) is 5.92 Å². The molecule has 3 aromatic rings. The van der Waals surface area contributed by atoms with Crippen molar-refractivity contribution in [1.29, 1.82) is 0 Å². The third kappa shape index (κ3) is 5.81. The molecule has 0 spiro atoms. The molecule has 1 saturated heterocycles. The summed E-state index contributed by atoms with van der Waals surface area (Å²) < 4.78 is 5.89. The van der Waals surface area contributed by atoms with Gasteiger partial charge in [-0.3, -0.25) is 14.9 Å². The van der Waals surface area contributed by atoms with Crippen LogP contribution in [0.3, 0.4) is 0 Å². The molecule has 4 rings (SSSR count). The Balaban J connectivity index is 1.25. The number of oxazole rings is 1. The molecule has 1 aromatic heterocycles. The molecule has 1 aliphatic heterocycles. The summed E-state index contributed by atoms with van der Waals surface area (Å²) in [6.07, 6.45) is 3.59. The lowest BCUT2D eigenvalue weighted by Gasteiger charge is -2.36. The second-order valence-corrected chi connectivity index (χ2v) is 9.05. The van der Waals surface area contributed by atoms with E-state index in [0.717, 1.165) is 23.4 Å². The molecule has 0 radical (unpaired) electrons. The van der Waals surface area contributed by atoms with Gasteiger partial charge in [0.05, 0.1) is 11.1 Å². The molecule has 0 N–H and O–H groups in total. The Morgan fingerprint density at radius 3 is 2.35 bits per heavy atom. The van der Waals surface area contributed by atoms with Gasteiger partial charge < -0.3 is 14.2 Å². The summed E-state index contributed by atoms with van der Waals surface area (Å²) in [4.78, 5) is 31.5. The van der Waals surface area contributed by atoms with E-state index in [9.17, 15) is 14.9 Å². The number of nitro groups is 1. The van der Waals surface area contributed by atoms with Crippen molar-refractivity contribution in [3.05, 3.63) is 76.3 Å². The number of benzene rings is 2. The fourth-order valence-corrected chi connectivity index (χ4v) is 4.21. The lowest BCUT2D eigenvalue weighted by Crippen LogP contribution is -2.48. The predicted molar refractivity (Wildman–Crippen MR) is 131 cm³/mol. The average molecular weight is 463 g/mol. The molecule has 1 aliphatic rings. The third-order valence-corrected chi connectivity index (χ3v) is 6.05. The van der Waals surface area contributed by atoms with Gasteiger partial charge in [-0.05, 0) is 30.0 Å². The Morgan fingerprint density at radius 1 is 1.06 bits per heavy atom. The quantitative estimate of drug-likeness (QED) is 0.355. The number of rotatable bonds is 8. The van der Waals surface area contributed by atoms with E-state index in [-0.39, 0.29) is 11.6 Å². The van der Waals surface area contributed by atoms with E-state index >= 15 is 0 Å². The zero-order valence-corrected chi connectivity index (χ0v) is 19.6. The zero-order chi connectivity index (χ0) is 24.1. The van der Waals surface area contributed by atoms with Gasteiger partial charge in [0.15, 0.2) is 11.7 Å². The highest BCUT2D eigenvalue weighted by molar-refractivity contribution is 5.76. The smallest absolute Gasteiger partial charge is 0.269 e. The van der Waals surface area contributed by atoms with E-state index in [0.29, 0.717) is 50.8 Å². The van der Waals surface area contributed by atoms with Crippen LogP contribution in [0.15, 0.2) is 59.1 Å². The number of aromatic nitrogens is 1. The Hall–Kier alpha value is -3.68. The van der Waals surface area contributed by atoms with Gasteiger partial charge in [-0.2, -0.15) is 0 Å². The normalized spacial score (nSPS) is 14.0. The van der Waals surface area contributed by atoms with Crippen LogP contribution in [0, 0.1) is 16.0 Å². The molecule has 0 aliphatic carbocycles. The number of hydrogen-bond acceptors (Lipinski definition) is 6. The number of hydrogen-bond donors (Lipinski definition) is 0. The highest BCUT2D eigenvalue weighted by Crippen LogP contribution is 2.23. The predicted octanol–water partition coefficient (Wildman–Crippen LogP) is 4.73. The molecule has 1 amide bonds. The van der Waals surface area contributed by atoms with Gasteiger partial charge in [-0.15, -0.1) is 0 Å². The van der Waals surface area contributed by atoms with Crippen molar-refractivity contribution in [2.45, 2.75) is 33.1 Å². The summed E-state index contributed by atoms with van der Waals surface area (Å²) in [5.74, 6) is 1.99. The van der Waals surface area contributed by atoms with Crippen molar-refractivity contribution in [1.82, 2.24) is 9.88 Å². The third-order valence-electron chi connectivity index (χ3n) is 6.05. The monoisotopic (exact) mass is 462 g/mol. The van der Waals surface area contributed by atoms with Crippen LogP contribution >= 0.6 is 0 Å². The first-order valence-electron chi connectivity index (χ1n) is 11.7. The van der Waals surface area contributed by atoms with E-state index in [1.54, 1.807) is 18.3 Å². The molecule has 2 aromatic carbocycles. The van der Waals surface area contributed by atoms with Crippen molar-refractivity contribution in [3.8, 4) is 11.3 Å². The van der Waals surface area contributed by atoms with Gasteiger partial charge in [0.1, 0.15) is 0 Å². The molecule has 8 heteroatoms. The topological polar surface area (TPSA) is 92.7 Å². The number of carbonyl (C=O) groups is 1. The van der Waals surface area contributed by atoms with Gasteiger partial charge in [0, 0.05) is 62.4 Å². The van der Waals surface area contributed by atoms with Crippen LogP contribution in [-0.4, -0.2) is 46.9 Å². The van der Waals surface area contributed by atoms with Crippen LogP contribution in [0.1, 0.15) is 31.7 Å². The number of non-ortho nitro benzene ring substituents is 1. The van der Waals surface area contributed by atoms with Crippen LogP contribution in [-0.2, 0) is 17.6 Å². The molecule has 0 bridgehead atoms. The maximum atomic E-state index is 12.7. The van der Waals surface area contributed by atoms with E-state index in [1.807, 2.05) is 4.90 Å². The zero-order valence-electron chi connectivity index (χ0n) is 19.6. The number of anilines is 1. The lowest BCUT2D eigenvalue weighted by molar-refractivity contribution is -0.384. The van der Waals surface area contributed by atoms with Crippen LogP contribution in [0.25, 0.3) is 11.3 Å². The number of piperazine rings is 1. The lowest BCUT2D eigenvalue weighted by atomic mass is 10.0. The summed E-state index contributed by atoms with van der Waals surface area (Å²) >= 11 is 0. The first-order chi connectivity index (χ1) is 16.4. The van der Waals surface area contributed by atoms with Crippen molar-refractivity contribution < 1.29 is 14.1 Å². The van der Waals surface area contributed by atoms with Gasteiger partial charge in [0.2, 0.25) is 5.91 Å². The van der Waals surface area contributed by atoms with Crippen LogP contribution in [0.4, 0.5) is 11.4 Å². The SMILES string of the molecule is CC(C)Cc1ccc(-c2cnc(CCC(=O)N3CCN(c4ccc([N+](=O)[O-])cc4)CC3)o2)cc1. The second-order valence-electron chi connectivity index (χ2n) is 9.05. The van der Waals surface area contributed by atoms with Crippen LogP contribution in [0.5, 0.6) is 0 Å². The summed E-state index contributed by atoms with van der Waals surface area (Å²) in [6.45, 7) is 7.04. The molecule has 178 valence electrons. The summed E-state index contributed by atoms with van der Waals surface area (Å²) in [5, 5.41) is 10.8. The van der Waals surface area contributed by atoms with Crippen molar-refractivity contribution in [3.63, 3.8) is 0 Å². The Labute approximate surface area is 199 Å². The van der Waals surface area contributed by atoms with Gasteiger partial charge in [-0.1, -0.05) is 38.1 Å². The molecule has 0 saturated carbocycles. The van der Waals surface area contributed by atoms with Crippen molar-refractivity contribution >= 4 is 17.3 Å². The Bertz CT molecular complexity index is 1110. The molecular formula is C26H30N4O4. The molecular weight excluding hydrogens is 432 g/mol. The molecule has 1 fully saturated rings. The molecule has 0 atom stereocenters. The average Bonchev–Trinajstić information content (AvgIpc) is 3.32. The van der Waals surface area contributed by atoms with E-state index in [2.05, 4.69) is 48.0 Å². The number of aryl methyl sites for hydroxylation is 1. The van der Waals surface area contributed by atoms with E-state index in [4.69, 9.17) is 4.42 Å². The van der Waals surface area contributed by atoms with E-state index in [1.165, 1.54) is 17.7 Å². The van der Waals surface area contributed by atoms with Crippen LogP contribution < -0.4 is 4.90 Å². The molecule has 0 unspecified atom stereocenters. The molecule has 8 nitrogen and oxygen atoms in total. The number of carbonyl (C=O) groups excluding carboxylic acids is 1. The largest absolute Gasteiger partial charge is 0.441 e. The summed E-state index contributed by atoms with van der Waals surface area (Å²) in [5.41, 5.74) is 3.30. The number of nitro benzene ring substituents is 1. The van der Waals surface area contributed by atoms with Gasteiger partial charge in [-0.25, -0.2) is 4.98 Å². The maximum absolute atomic E-state index is 12.7. The second kappa shape index (κ2) is 10.5. The van der Waals surface area contributed by atoms with Crippen LogP contribution in [0.2, 0.25) is 0 Å². The highest BCUT2D eigenvalue weighted by Gasteiger charge is 2.22. The number of amides is 1. The minimum Gasteiger partial charge on any atom is -0.441 e. The minimum atomic E-state index is -0.402.